The largest absolute Gasteiger partial charge is 0.481 e. The Bertz CT molecular complexity index is 419. The van der Waals surface area contributed by atoms with Crippen LogP contribution < -0.4 is 10.1 Å². The molecule has 7 heteroatoms. The summed E-state index contributed by atoms with van der Waals surface area (Å²) in [5.41, 5.74) is 0.604. The normalized spacial score (nSPS) is 9.44. The number of ether oxygens (including phenoxy) is 2. The van der Waals surface area contributed by atoms with Crippen LogP contribution in [0.15, 0.2) is 6.07 Å². The molecule has 7 nitrogen and oxygen atoms in total. The number of aromatic nitrogens is 2. The summed E-state index contributed by atoms with van der Waals surface area (Å²) in [7, 11) is 2.55. The third kappa shape index (κ3) is 2.91. The van der Waals surface area contributed by atoms with E-state index in [0.29, 0.717) is 11.6 Å². The molecule has 0 saturated heterocycles. The lowest BCUT2D eigenvalue weighted by molar-refractivity contribution is -0.150. The molecule has 16 heavy (non-hydrogen) atoms. The molecule has 0 unspecified atom stereocenters. The molecule has 0 fully saturated rings. The number of methoxy groups -OCH3 is 2. The van der Waals surface area contributed by atoms with Gasteiger partial charge in [0.15, 0.2) is 0 Å². The maximum atomic E-state index is 11.1. The van der Waals surface area contributed by atoms with E-state index in [4.69, 9.17) is 4.74 Å². The summed E-state index contributed by atoms with van der Waals surface area (Å²) in [5.74, 6) is -1.65. The summed E-state index contributed by atoms with van der Waals surface area (Å²) in [6.45, 7) is 1.71. The first kappa shape index (κ1) is 11.9. The highest BCUT2D eigenvalue weighted by Gasteiger charge is 2.15. The molecule has 0 radical (unpaired) electrons. The van der Waals surface area contributed by atoms with Crippen molar-refractivity contribution in [1.82, 2.24) is 9.97 Å². The molecular weight excluding hydrogens is 214 g/mol. The van der Waals surface area contributed by atoms with Crippen LogP contribution in [-0.2, 0) is 14.3 Å². The van der Waals surface area contributed by atoms with Gasteiger partial charge in [-0.15, -0.1) is 0 Å². The zero-order valence-corrected chi connectivity index (χ0v) is 9.10. The molecule has 1 aromatic heterocycles. The van der Waals surface area contributed by atoms with Gasteiger partial charge in [-0.1, -0.05) is 0 Å². The molecule has 0 aromatic carbocycles. The van der Waals surface area contributed by atoms with E-state index in [1.807, 2.05) is 0 Å². The van der Waals surface area contributed by atoms with Crippen molar-refractivity contribution in [3.8, 4) is 5.88 Å². The fourth-order valence-corrected chi connectivity index (χ4v) is 0.945. The average Bonchev–Trinajstić information content (AvgIpc) is 2.26. The van der Waals surface area contributed by atoms with Crippen molar-refractivity contribution in [3.63, 3.8) is 0 Å². The molecule has 0 saturated carbocycles. The minimum atomic E-state index is -1.01. The van der Waals surface area contributed by atoms with Crippen LogP contribution in [0.4, 0.5) is 5.95 Å². The number of aryl methyl sites for hydroxylation is 1. The van der Waals surface area contributed by atoms with Crippen molar-refractivity contribution < 1.29 is 19.1 Å². The summed E-state index contributed by atoms with van der Waals surface area (Å²) in [5, 5.41) is 2.19. The Kier molecular flexibility index (Phi) is 3.76. The molecule has 1 aromatic rings. The van der Waals surface area contributed by atoms with E-state index < -0.39 is 11.9 Å². The van der Waals surface area contributed by atoms with Crippen molar-refractivity contribution in [2.24, 2.45) is 0 Å². The van der Waals surface area contributed by atoms with Crippen LogP contribution in [0.2, 0.25) is 0 Å². The van der Waals surface area contributed by atoms with Crippen LogP contribution in [0.3, 0.4) is 0 Å². The Morgan fingerprint density at radius 2 is 2.00 bits per heavy atom. The van der Waals surface area contributed by atoms with E-state index in [9.17, 15) is 9.59 Å². The first-order chi connectivity index (χ1) is 7.56. The number of carbonyl (C=O) groups excluding carboxylic acids is 2. The molecule has 0 aliphatic carbocycles. The maximum Gasteiger partial charge on any atom is 0.396 e. The number of nitrogens with zero attached hydrogens (tertiary/aromatic N) is 2. The van der Waals surface area contributed by atoms with Gasteiger partial charge in [0.25, 0.3) is 0 Å². The maximum absolute atomic E-state index is 11.1. The first-order valence-corrected chi connectivity index (χ1v) is 4.35. The SMILES string of the molecule is COC(=O)C(=O)Nc1nc(C)cc(OC)n1. The van der Waals surface area contributed by atoms with Crippen LogP contribution in [0, 0.1) is 6.92 Å². The van der Waals surface area contributed by atoms with Crippen molar-refractivity contribution in [2.45, 2.75) is 6.92 Å². The van der Waals surface area contributed by atoms with Crippen LogP contribution in [0.1, 0.15) is 5.69 Å². The predicted molar refractivity (Wildman–Crippen MR) is 54.0 cm³/mol. The molecule has 1 N–H and O–H groups in total. The molecule has 0 bridgehead atoms. The van der Waals surface area contributed by atoms with Crippen molar-refractivity contribution in [2.75, 3.05) is 19.5 Å². The monoisotopic (exact) mass is 225 g/mol. The second-order valence-electron chi connectivity index (χ2n) is 2.82. The number of esters is 1. The lowest BCUT2D eigenvalue weighted by atomic mass is 10.4. The van der Waals surface area contributed by atoms with E-state index in [0.717, 1.165) is 7.11 Å². The zero-order valence-electron chi connectivity index (χ0n) is 9.10. The van der Waals surface area contributed by atoms with E-state index in [1.165, 1.54) is 7.11 Å². The van der Waals surface area contributed by atoms with Crippen LogP contribution in [-0.4, -0.2) is 36.1 Å². The Labute approximate surface area is 91.8 Å². The van der Waals surface area contributed by atoms with Crippen LogP contribution in [0.5, 0.6) is 5.88 Å². The standard InChI is InChI=1S/C9H11N3O4/c1-5-4-6(15-2)11-9(10-5)12-7(13)8(14)16-3/h4H,1-3H3,(H,10,11,12,13). The summed E-state index contributed by atoms with van der Waals surface area (Å²) in [4.78, 5) is 29.7. The van der Waals surface area contributed by atoms with Gasteiger partial charge in [0.05, 0.1) is 14.2 Å². The van der Waals surface area contributed by atoms with Gasteiger partial charge in [0, 0.05) is 11.8 Å². The molecule has 0 spiro atoms. The van der Waals surface area contributed by atoms with Crippen molar-refractivity contribution in [1.29, 1.82) is 0 Å². The number of hydrogen-bond acceptors (Lipinski definition) is 6. The smallest absolute Gasteiger partial charge is 0.396 e. The Hall–Kier alpha value is -2.18. The molecule has 0 aliphatic heterocycles. The molecule has 1 rings (SSSR count). The highest BCUT2D eigenvalue weighted by molar-refractivity contribution is 6.37. The second-order valence-corrected chi connectivity index (χ2v) is 2.82. The van der Waals surface area contributed by atoms with E-state index in [-0.39, 0.29) is 5.95 Å². The molecule has 1 heterocycles. The molecule has 1 amide bonds. The van der Waals surface area contributed by atoms with Gasteiger partial charge in [-0.2, -0.15) is 4.98 Å². The molecule has 0 aliphatic rings. The van der Waals surface area contributed by atoms with Gasteiger partial charge in [-0.3, -0.25) is 10.1 Å². The van der Waals surface area contributed by atoms with Gasteiger partial charge in [0.1, 0.15) is 0 Å². The Morgan fingerprint density at radius 1 is 1.31 bits per heavy atom. The van der Waals surface area contributed by atoms with E-state index in [2.05, 4.69) is 20.0 Å². The van der Waals surface area contributed by atoms with E-state index in [1.54, 1.807) is 13.0 Å². The summed E-state index contributed by atoms with van der Waals surface area (Å²) in [6.07, 6.45) is 0. The van der Waals surface area contributed by atoms with Gasteiger partial charge in [0.2, 0.25) is 11.8 Å². The number of rotatable bonds is 2. The third-order valence-electron chi connectivity index (χ3n) is 1.64. The van der Waals surface area contributed by atoms with E-state index >= 15 is 0 Å². The van der Waals surface area contributed by atoms with Crippen molar-refractivity contribution >= 4 is 17.8 Å². The number of carbonyl (C=O) groups is 2. The van der Waals surface area contributed by atoms with Gasteiger partial charge in [-0.05, 0) is 6.92 Å². The Balaban J connectivity index is 2.85. The van der Waals surface area contributed by atoms with Crippen LogP contribution in [0.25, 0.3) is 0 Å². The summed E-state index contributed by atoms with van der Waals surface area (Å²) < 4.78 is 9.12. The number of anilines is 1. The van der Waals surface area contributed by atoms with Gasteiger partial charge in [-0.25, -0.2) is 9.78 Å². The average molecular weight is 225 g/mol. The zero-order chi connectivity index (χ0) is 12.1. The molecule has 86 valence electrons. The number of amides is 1. The molecule has 0 atom stereocenters. The number of hydrogen-bond donors (Lipinski definition) is 1. The van der Waals surface area contributed by atoms with Gasteiger partial charge >= 0.3 is 11.9 Å². The lowest BCUT2D eigenvalue weighted by Gasteiger charge is -2.05. The topological polar surface area (TPSA) is 90.4 Å². The third-order valence-corrected chi connectivity index (χ3v) is 1.64. The Morgan fingerprint density at radius 3 is 2.56 bits per heavy atom. The highest BCUT2D eigenvalue weighted by atomic mass is 16.5. The van der Waals surface area contributed by atoms with Gasteiger partial charge < -0.3 is 9.47 Å². The molecular formula is C9H11N3O4. The van der Waals surface area contributed by atoms with Crippen molar-refractivity contribution in [3.05, 3.63) is 11.8 Å². The fourth-order valence-electron chi connectivity index (χ4n) is 0.945. The minimum absolute atomic E-state index is 0.00718. The second kappa shape index (κ2) is 5.06. The van der Waals surface area contributed by atoms with Crippen LogP contribution >= 0.6 is 0 Å². The lowest BCUT2D eigenvalue weighted by Crippen LogP contribution is -2.25. The number of nitrogens with one attached hydrogen (secondary N) is 1. The highest BCUT2D eigenvalue weighted by Crippen LogP contribution is 2.10. The fraction of sp³-hybridized carbons (Fsp3) is 0.333. The first-order valence-electron chi connectivity index (χ1n) is 4.35. The summed E-state index contributed by atoms with van der Waals surface area (Å²) in [6, 6.07) is 1.59. The predicted octanol–water partition coefficient (Wildman–Crippen LogP) is -0.0949. The minimum Gasteiger partial charge on any atom is -0.481 e. The quantitative estimate of drug-likeness (QED) is 0.558. The summed E-state index contributed by atoms with van der Waals surface area (Å²) >= 11 is 0.